The van der Waals surface area contributed by atoms with E-state index in [2.05, 4.69) is 0 Å². The molecule has 1 aliphatic heterocycles. The van der Waals surface area contributed by atoms with Crippen LogP contribution in [0.2, 0.25) is 0 Å². The van der Waals surface area contributed by atoms with Crippen molar-refractivity contribution in [2.24, 2.45) is 0 Å². The van der Waals surface area contributed by atoms with E-state index in [-0.39, 0.29) is 27.8 Å². The van der Waals surface area contributed by atoms with Crippen LogP contribution < -0.4 is 0 Å². The summed E-state index contributed by atoms with van der Waals surface area (Å²) >= 11 is 0. The minimum absolute atomic E-state index is 0.0493. The molecule has 154 valence electrons. The maximum Gasteiger partial charge on any atom is 0.254 e. The number of halogens is 1. The molecule has 3 rings (SSSR count). The Hall–Kier alpha value is -2.78. The van der Waals surface area contributed by atoms with Crippen LogP contribution in [0.15, 0.2) is 53.4 Å². The van der Waals surface area contributed by atoms with Crippen molar-refractivity contribution in [2.75, 3.05) is 40.3 Å². The Kier molecular flexibility index (Phi) is 5.99. The quantitative estimate of drug-likeness (QED) is 0.755. The Labute approximate surface area is 169 Å². The number of carbonyl (C=O) groups excluding carboxylic acids is 2. The summed E-state index contributed by atoms with van der Waals surface area (Å²) < 4.78 is 39.0. The molecule has 29 heavy (non-hydrogen) atoms. The lowest BCUT2D eigenvalue weighted by molar-refractivity contribution is 0.0535. The molecule has 2 amide bonds. The topological polar surface area (TPSA) is 78.0 Å². The number of carbonyl (C=O) groups is 2. The summed E-state index contributed by atoms with van der Waals surface area (Å²) in [5.41, 5.74) is 0.546. The number of sulfonamides is 1. The largest absolute Gasteiger partial charge is 0.335 e. The van der Waals surface area contributed by atoms with Crippen LogP contribution in [0.1, 0.15) is 20.7 Å². The molecule has 2 aromatic rings. The molecule has 1 heterocycles. The first kappa shape index (κ1) is 20.9. The summed E-state index contributed by atoms with van der Waals surface area (Å²) in [4.78, 5) is 28.5. The molecule has 0 bridgehead atoms. The molecule has 0 aromatic heterocycles. The fourth-order valence-corrected chi connectivity index (χ4v) is 4.05. The Morgan fingerprint density at radius 2 is 1.34 bits per heavy atom. The highest BCUT2D eigenvalue weighted by atomic mass is 32.2. The molecule has 0 unspecified atom stereocenters. The molecule has 2 aromatic carbocycles. The van der Waals surface area contributed by atoms with Crippen molar-refractivity contribution >= 4 is 21.8 Å². The van der Waals surface area contributed by atoms with Gasteiger partial charge in [-0.05, 0) is 36.4 Å². The van der Waals surface area contributed by atoms with E-state index < -0.39 is 15.8 Å². The van der Waals surface area contributed by atoms with Crippen LogP contribution in [0, 0.1) is 5.82 Å². The summed E-state index contributed by atoms with van der Waals surface area (Å²) in [6.45, 7) is 1.25. The van der Waals surface area contributed by atoms with Gasteiger partial charge in [0.15, 0.2) is 0 Å². The maximum absolute atomic E-state index is 13.3. The minimum atomic E-state index is -3.64. The number of rotatable bonds is 4. The Balaban J connectivity index is 1.68. The average Bonchev–Trinajstić information content (AvgIpc) is 2.72. The summed E-state index contributed by atoms with van der Waals surface area (Å²) in [5.74, 6) is -1.05. The molecule has 1 saturated heterocycles. The molecule has 0 radical (unpaired) electrons. The van der Waals surface area contributed by atoms with E-state index in [1.165, 1.54) is 50.5 Å². The monoisotopic (exact) mass is 419 g/mol. The number of amides is 2. The standard InChI is InChI=1S/C20H22FN3O4S/c1-22(2)29(27,28)18-8-4-6-16(14-18)20(26)24-11-9-23(10-12-24)19(25)15-5-3-7-17(21)13-15/h3-8,13-14H,9-12H2,1-2H3. The lowest BCUT2D eigenvalue weighted by atomic mass is 10.1. The number of nitrogens with zero attached hydrogens (tertiary/aromatic N) is 3. The van der Waals surface area contributed by atoms with Crippen LogP contribution in [0.25, 0.3) is 0 Å². The van der Waals surface area contributed by atoms with Gasteiger partial charge in [0.1, 0.15) is 5.82 Å². The fraction of sp³-hybridized carbons (Fsp3) is 0.300. The van der Waals surface area contributed by atoms with E-state index in [0.717, 1.165) is 4.31 Å². The molecule has 1 aliphatic rings. The zero-order valence-electron chi connectivity index (χ0n) is 16.2. The van der Waals surface area contributed by atoms with Crippen molar-refractivity contribution in [1.82, 2.24) is 14.1 Å². The van der Waals surface area contributed by atoms with Gasteiger partial charge in [-0.2, -0.15) is 0 Å². The zero-order chi connectivity index (χ0) is 21.2. The normalized spacial score (nSPS) is 14.9. The molecule has 0 N–H and O–H groups in total. The van der Waals surface area contributed by atoms with E-state index in [1.54, 1.807) is 21.9 Å². The van der Waals surface area contributed by atoms with Gasteiger partial charge in [-0.3, -0.25) is 9.59 Å². The lowest BCUT2D eigenvalue weighted by Crippen LogP contribution is -2.50. The fourth-order valence-electron chi connectivity index (χ4n) is 3.10. The average molecular weight is 419 g/mol. The Morgan fingerprint density at radius 3 is 1.83 bits per heavy atom. The van der Waals surface area contributed by atoms with Crippen LogP contribution in [0.5, 0.6) is 0 Å². The molecule has 0 atom stereocenters. The highest BCUT2D eigenvalue weighted by Crippen LogP contribution is 2.17. The van der Waals surface area contributed by atoms with Crippen LogP contribution in [-0.2, 0) is 10.0 Å². The van der Waals surface area contributed by atoms with E-state index in [0.29, 0.717) is 26.2 Å². The van der Waals surface area contributed by atoms with Crippen LogP contribution in [-0.4, -0.2) is 74.6 Å². The van der Waals surface area contributed by atoms with E-state index >= 15 is 0 Å². The molecule has 1 fully saturated rings. The lowest BCUT2D eigenvalue weighted by Gasteiger charge is -2.35. The maximum atomic E-state index is 13.3. The third kappa shape index (κ3) is 4.46. The zero-order valence-corrected chi connectivity index (χ0v) is 17.0. The number of piperazine rings is 1. The first-order valence-electron chi connectivity index (χ1n) is 9.07. The van der Waals surface area contributed by atoms with Crippen LogP contribution >= 0.6 is 0 Å². The first-order valence-corrected chi connectivity index (χ1v) is 10.5. The molecule has 9 heteroatoms. The van der Waals surface area contributed by atoms with Crippen molar-refractivity contribution < 1.29 is 22.4 Å². The van der Waals surface area contributed by atoms with Gasteiger partial charge in [-0.25, -0.2) is 17.1 Å². The third-order valence-corrected chi connectivity index (χ3v) is 6.60. The predicted molar refractivity (Wildman–Crippen MR) is 106 cm³/mol. The van der Waals surface area contributed by atoms with Gasteiger partial charge in [0, 0.05) is 51.4 Å². The van der Waals surface area contributed by atoms with Gasteiger partial charge in [-0.15, -0.1) is 0 Å². The SMILES string of the molecule is CN(C)S(=O)(=O)c1cccc(C(=O)N2CCN(C(=O)c3cccc(F)c3)CC2)c1. The second-order valence-electron chi connectivity index (χ2n) is 6.91. The van der Waals surface area contributed by atoms with Crippen molar-refractivity contribution in [3.8, 4) is 0 Å². The third-order valence-electron chi connectivity index (χ3n) is 4.79. The summed E-state index contributed by atoms with van der Waals surface area (Å²) in [5, 5.41) is 0. The van der Waals surface area contributed by atoms with E-state index in [1.807, 2.05) is 0 Å². The van der Waals surface area contributed by atoms with Gasteiger partial charge >= 0.3 is 0 Å². The van der Waals surface area contributed by atoms with Crippen LogP contribution in [0.4, 0.5) is 4.39 Å². The van der Waals surface area contributed by atoms with Crippen molar-refractivity contribution in [3.63, 3.8) is 0 Å². The molecule has 7 nitrogen and oxygen atoms in total. The van der Waals surface area contributed by atoms with Gasteiger partial charge < -0.3 is 9.80 Å². The molecule has 0 spiro atoms. The van der Waals surface area contributed by atoms with Gasteiger partial charge in [0.25, 0.3) is 11.8 Å². The Bertz CT molecular complexity index is 1030. The summed E-state index contributed by atoms with van der Waals surface area (Å²) in [6, 6.07) is 11.4. The number of benzene rings is 2. The minimum Gasteiger partial charge on any atom is -0.335 e. The Morgan fingerprint density at radius 1 is 0.862 bits per heavy atom. The van der Waals surface area contributed by atoms with Gasteiger partial charge in [-0.1, -0.05) is 12.1 Å². The predicted octanol–water partition coefficient (Wildman–Crippen LogP) is 1.67. The second kappa shape index (κ2) is 8.30. The summed E-state index contributed by atoms with van der Waals surface area (Å²) in [6.07, 6.45) is 0. The highest BCUT2D eigenvalue weighted by molar-refractivity contribution is 7.89. The molecule has 0 aliphatic carbocycles. The van der Waals surface area contributed by atoms with Gasteiger partial charge in [0.2, 0.25) is 10.0 Å². The van der Waals surface area contributed by atoms with Gasteiger partial charge in [0.05, 0.1) is 4.90 Å². The second-order valence-corrected chi connectivity index (χ2v) is 9.06. The molecular formula is C20H22FN3O4S. The van der Waals surface area contributed by atoms with E-state index in [4.69, 9.17) is 0 Å². The van der Waals surface area contributed by atoms with Crippen molar-refractivity contribution in [2.45, 2.75) is 4.90 Å². The highest BCUT2D eigenvalue weighted by Gasteiger charge is 2.26. The number of hydrogen-bond acceptors (Lipinski definition) is 4. The summed E-state index contributed by atoms with van der Waals surface area (Å²) in [7, 11) is -0.780. The van der Waals surface area contributed by atoms with Crippen LogP contribution in [0.3, 0.4) is 0 Å². The van der Waals surface area contributed by atoms with E-state index in [9.17, 15) is 22.4 Å². The first-order chi connectivity index (χ1) is 13.7. The molecular weight excluding hydrogens is 397 g/mol. The van der Waals surface area contributed by atoms with Crippen molar-refractivity contribution in [3.05, 3.63) is 65.5 Å². The number of hydrogen-bond donors (Lipinski definition) is 0. The van der Waals surface area contributed by atoms with Crippen molar-refractivity contribution in [1.29, 1.82) is 0 Å². The molecule has 0 saturated carbocycles. The smallest absolute Gasteiger partial charge is 0.254 e.